The van der Waals surface area contributed by atoms with E-state index in [-0.39, 0.29) is 5.82 Å². The van der Waals surface area contributed by atoms with Crippen molar-refractivity contribution in [1.29, 1.82) is 0 Å². The van der Waals surface area contributed by atoms with E-state index in [2.05, 4.69) is 16.9 Å². The minimum Gasteiger partial charge on any atom is -0.490 e. The summed E-state index contributed by atoms with van der Waals surface area (Å²) in [7, 11) is 0. The van der Waals surface area contributed by atoms with Crippen molar-refractivity contribution in [2.75, 3.05) is 6.61 Å². The van der Waals surface area contributed by atoms with Gasteiger partial charge in [-0.3, -0.25) is 0 Å². The molecule has 0 aliphatic heterocycles. The molecule has 0 bridgehead atoms. The first-order valence-electron chi connectivity index (χ1n) is 9.00. The average molecular weight is 328 g/mol. The van der Waals surface area contributed by atoms with Crippen LogP contribution in [0.2, 0.25) is 0 Å². The molecule has 1 saturated carbocycles. The monoisotopic (exact) mass is 328 g/mol. The fraction of sp³-hybridized carbons (Fsp3) is 0.500. The van der Waals surface area contributed by atoms with Crippen LogP contribution in [0, 0.1) is 11.7 Å². The van der Waals surface area contributed by atoms with Gasteiger partial charge in [0, 0.05) is 18.0 Å². The molecular weight excluding hydrogens is 303 g/mol. The molecule has 1 fully saturated rings. The largest absolute Gasteiger partial charge is 0.490 e. The lowest BCUT2D eigenvalue weighted by molar-refractivity contribution is 0.202. The number of aryl methyl sites for hydroxylation is 1. The summed E-state index contributed by atoms with van der Waals surface area (Å²) in [5, 5.41) is 0. The number of nitrogens with zero attached hydrogens (tertiary/aromatic N) is 2. The highest BCUT2D eigenvalue weighted by atomic mass is 19.1. The van der Waals surface area contributed by atoms with Crippen LogP contribution in [0.3, 0.4) is 0 Å². The Balaban J connectivity index is 1.65. The molecule has 3 rings (SSSR count). The van der Waals surface area contributed by atoms with Gasteiger partial charge in [-0.15, -0.1) is 0 Å². The Morgan fingerprint density at radius 2 is 1.88 bits per heavy atom. The van der Waals surface area contributed by atoms with Crippen LogP contribution in [-0.4, -0.2) is 16.6 Å². The van der Waals surface area contributed by atoms with Gasteiger partial charge in [-0.2, -0.15) is 0 Å². The summed E-state index contributed by atoms with van der Waals surface area (Å²) in [6.45, 7) is 2.73. The Bertz CT molecular complexity index is 651. The number of ether oxygens (including phenoxy) is 1. The molecule has 1 aromatic heterocycles. The van der Waals surface area contributed by atoms with Crippen LogP contribution >= 0.6 is 0 Å². The standard InChI is InChI=1S/C20H25FN2O/c1-2-6-16-12-22-20(23-13-16)17-9-10-19(18(21)11-17)24-14-15-7-4-3-5-8-15/h9-13,15H,2-8,14H2,1H3. The third-order valence-corrected chi connectivity index (χ3v) is 4.63. The van der Waals surface area contributed by atoms with Gasteiger partial charge in [0.05, 0.1) is 6.61 Å². The second kappa shape index (κ2) is 8.22. The van der Waals surface area contributed by atoms with Crippen molar-refractivity contribution in [2.45, 2.75) is 51.9 Å². The van der Waals surface area contributed by atoms with Crippen molar-refractivity contribution in [1.82, 2.24) is 9.97 Å². The second-order valence-corrected chi connectivity index (χ2v) is 6.63. The van der Waals surface area contributed by atoms with Gasteiger partial charge in [0.25, 0.3) is 0 Å². The van der Waals surface area contributed by atoms with Crippen molar-refractivity contribution in [2.24, 2.45) is 5.92 Å². The molecule has 1 aliphatic rings. The van der Waals surface area contributed by atoms with E-state index in [1.165, 1.54) is 38.2 Å². The molecule has 0 spiro atoms. The highest BCUT2D eigenvalue weighted by Crippen LogP contribution is 2.27. The molecule has 0 unspecified atom stereocenters. The van der Waals surface area contributed by atoms with E-state index in [0.29, 0.717) is 29.7 Å². The van der Waals surface area contributed by atoms with E-state index in [1.807, 2.05) is 18.5 Å². The van der Waals surface area contributed by atoms with E-state index < -0.39 is 0 Å². The van der Waals surface area contributed by atoms with Crippen LogP contribution in [-0.2, 0) is 6.42 Å². The second-order valence-electron chi connectivity index (χ2n) is 6.63. The normalized spacial score (nSPS) is 15.4. The molecule has 3 nitrogen and oxygen atoms in total. The number of benzene rings is 1. The molecule has 2 aromatic rings. The maximum atomic E-state index is 14.3. The fourth-order valence-corrected chi connectivity index (χ4v) is 3.24. The number of hydrogen-bond donors (Lipinski definition) is 0. The molecule has 1 aromatic carbocycles. The van der Waals surface area contributed by atoms with Gasteiger partial charge < -0.3 is 4.74 Å². The quantitative estimate of drug-likeness (QED) is 0.731. The summed E-state index contributed by atoms with van der Waals surface area (Å²) in [6.07, 6.45) is 11.9. The van der Waals surface area contributed by atoms with Gasteiger partial charge in [-0.1, -0.05) is 32.6 Å². The highest BCUT2D eigenvalue weighted by molar-refractivity contribution is 5.56. The van der Waals surface area contributed by atoms with Crippen LogP contribution in [0.25, 0.3) is 11.4 Å². The Hall–Kier alpha value is -1.97. The van der Waals surface area contributed by atoms with E-state index in [1.54, 1.807) is 6.07 Å². The molecule has 0 amide bonds. The van der Waals surface area contributed by atoms with Crippen LogP contribution in [0.15, 0.2) is 30.6 Å². The molecule has 4 heteroatoms. The van der Waals surface area contributed by atoms with Crippen molar-refractivity contribution in [3.05, 3.63) is 42.0 Å². The zero-order valence-electron chi connectivity index (χ0n) is 14.3. The number of aromatic nitrogens is 2. The van der Waals surface area contributed by atoms with Crippen LogP contribution in [0.4, 0.5) is 4.39 Å². The maximum Gasteiger partial charge on any atom is 0.165 e. The lowest BCUT2D eigenvalue weighted by atomic mass is 9.90. The predicted molar refractivity (Wildman–Crippen MR) is 93.5 cm³/mol. The van der Waals surface area contributed by atoms with E-state index in [0.717, 1.165) is 18.4 Å². The number of rotatable bonds is 6. The summed E-state index contributed by atoms with van der Waals surface area (Å²) in [5.74, 6) is 1.09. The summed E-state index contributed by atoms with van der Waals surface area (Å²) < 4.78 is 20.0. The minimum absolute atomic E-state index is 0.326. The van der Waals surface area contributed by atoms with Gasteiger partial charge in [0.2, 0.25) is 0 Å². The van der Waals surface area contributed by atoms with Crippen LogP contribution in [0.1, 0.15) is 51.0 Å². The number of halogens is 1. The fourth-order valence-electron chi connectivity index (χ4n) is 3.24. The molecule has 1 heterocycles. The van der Waals surface area contributed by atoms with Gasteiger partial charge in [0.15, 0.2) is 17.4 Å². The molecule has 0 N–H and O–H groups in total. The molecule has 128 valence electrons. The molecule has 1 aliphatic carbocycles. The molecule has 0 atom stereocenters. The maximum absolute atomic E-state index is 14.3. The first-order valence-corrected chi connectivity index (χ1v) is 9.00. The van der Waals surface area contributed by atoms with Crippen molar-refractivity contribution >= 4 is 0 Å². The predicted octanol–water partition coefficient (Wildman–Crippen LogP) is 5.19. The summed E-state index contributed by atoms with van der Waals surface area (Å²) in [6, 6.07) is 4.98. The third kappa shape index (κ3) is 4.31. The highest BCUT2D eigenvalue weighted by Gasteiger charge is 2.15. The minimum atomic E-state index is -0.343. The Morgan fingerprint density at radius 1 is 1.12 bits per heavy atom. The zero-order chi connectivity index (χ0) is 16.8. The lowest BCUT2D eigenvalue weighted by Crippen LogP contribution is -2.15. The first kappa shape index (κ1) is 16.9. The first-order chi connectivity index (χ1) is 11.8. The molecule has 0 saturated heterocycles. The zero-order valence-corrected chi connectivity index (χ0v) is 14.3. The van der Waals surface area contributed by atoms with E-state index in [9.17, 15) is 4.39 Å². The van der Waals surface area contributed by atoms with Gasteiger partial charge in [0.1, 0.15) is 0 Å². The summed E-state index contributed by atoms with van der Waals surface area (Å²) >= 11 is 0. The Morgan fingerprint density at radius 3 is 2.54 bits per heavy atom. The lowest BCUT2D eigenvalue weighted by Gasteiger charge is -2.21. The molecule has 0 radical (unpaired) electrons. The summed E-state index contributed by atoms with van der Waals surface area (Å²) in [4.78, 5) is 8.68. The van der Waals surface area contributed by atoms with E-state index in [4.69, 9.17) is 4.74 Å². The van der Waals surface area contributed by atoms with Crippen molar-refractivity contribution in [3.8, 4) is 17.1 Å². The van der Waals surface area contributed by atoms with Crippen LogP contribution < -0.4 is 4.74 Å². The SMILES string of the molecule is CCCc1cnc(-c2ccc(OCC3CCCCC3)c(F)c2)nc1. The van der Waals surface area contributed by atoms with Gasteiger partial charge in [-0.05, 0) is 48.9 Å². The van der Waals surface area contributed by atoms with Gasteiger partial charge in [-0.25, -0.2) is 14.4 Å². The van der Waals surface area contributed by atoms with Crippen LogP contribution in [0.5, 0.6) is 5.75 Å². The third-order valence-electron chi connectivity index (χ3n) is 4.63. The van der Waals surface area contributed by atoms with Crippen molar-refractivity contribution in [3.63, 3.8) is 0 Å². The average Bonchev–Trinajstić information content (AvgIpc) is 2.62. The summed E-state index contributed by atoms with van der Waals surface area (Å²) in [5.41, 5.74) is 1.79. The molecular formula is C20H25FN2O. The smallest absolute Gasteiger partial charge is 0.165 e. The van der Waals surface area contributed by atoms with E-state index >= 15 is 0 Å². The Labute approximate surface area is 143 Å². The van der Waals surface area contributed by atoms with Gasteiger partial charge >= 0.3 is 0 Å². The number of hydrogen-bond acceptors (Lipinski definition) is 3. The molecule has 24 heavy (non-hydrogen) atoms. The van der Waals surface area contributed by atoms with Crippen molar-refractivity contribution < 1.29 is 9.13 Å². The Kier molecular flexibility index (Phi) is 5.78. The topological polar surface area (TPSA) is 35.0 Å².